The number of hydrogen-bond acceptors (Lipinski definition) is 7. The van der Waals surface area contributed by atoms with Crippen LogP contribution in [0.15, 0.2) is 52.9 Å². The molecule has 8 nitrogen and oxygen atoms in total. The highest BCUT2D eigenvalue weighted by atomic mass is 35.5. The zero-order chi connectivity index (χ0) is 22.0. The fraction of sp³-hybridized carbons (Fsp3) is 0.182. The lowest BCUT2D eigenvalue weighted by Crippen LogP contribution is -2.09. The molecule has 0 spiro atoms. The summed E-state index contributed by atoms with van der Waals surface area (Å²) in [6.45, 7) is 3.47. The second kappa shape index (κ2) is 8.61. The molecule has 0 saturated carbocycles. The predicted octanol–water partition coefficient (Wildman–Crippen LogP) is 4.56. The molecule has 0 aliphatic rings. The minimum Gasteiger partial charge on any atom is -0.497 e. The van der Waals surface area contributed by atoms with Crippen LogP contribution in [-0.4, -0.2) is 33.1 Å². The van der Waals surface area contributed by atoms with Gasteiger partial charge in [0, 0.05) is 10.6 Å². The molecule has 0 N–H and O–H groups in total. The van der Waals surface area contributed by atoms with Crippen LogP contribution in [0.25, 0.3) is 17.1 Å². The molecule has 0 bridgehead atoms. The molecule has 0 fully saturated rings. The van der Waals surface area contributed by atoms with Crippen molar-refractivity contribution in [3.05, 3.63) is 76.4 Å². The van der Waals surface area contributed by atoms with Crippen molar-refractivity contribution in [3.8, 4) is 22.9 Å². The van der Waals surface area contributed by atoms with Crippen LogP contribution in [-0.2, 0) is 11.3 Å². The fourth-order valence-corrected chi connectivity index (χ4v) is 3.09. The summed E-state index contributed by atoms with van der Waals surface area (Å²) >= 11 is 5.92. The Morgan fingerprint density at radius 2 is 1.81 bits per heavy atom. The first-order valence-electron chi connectivity index (χ1n) is 9.42. The molecule has 31 heavy (non-hydrogen) atoms. The van der Waals surface area contributed by atoms with Crippen molar-refractivity contribution in [2.45, 2.75) is 20.5 Å². The van der Waals surface area contributed by atoms with Crippen molar-refractivity contribution in [3.63, 3.8) is 0 Å². The first-order valence-corrected chi connectivity index (χ1v) is 9.80. The van der Waals surface area contributed by atoms with Crippen molar-refractivity contribution < 1.29 is 18.7 Å². The smallest absolute Gasteiger partial charge is 0.361 e. The van der Waals surface area contributed by atoms with Gasteiger partial charge in [-0.15, -0.1) is 5.10 Å². The summed E-state index contributed by atoms with van der Waals surface area (Å²) in [5.74, 6) is 1.13. The molecule has 0 atom stereocenters. The molecule has 9 heteroatoms. The van der Waals surface area contributed by atoms with Crippen LogP contribution >= 0.6 is 11.6 Å². The topological polar surface area (TPSA) is 92.3 Å². The molecule has 0 saturated heterocycles. The van der Waals surface area contributed by atoms with Gasteiger partial charge in [0.05, 0.1) is 18.5 Å². The molecule has 0 aliphatic heterocycles. The summed E-state index contributed by atoms with van der Waals surface area (Å²) in [5, 5.41) is 8.67. The van der Waals surface area contributed by atoms with Crippen LogP contribution in [0.3, 0.4) is 0 Å². The van der Waals surface area contributed by atoms with E-state index in [2.05, 4.69) is 15.3 Å². The highest BCUT2D eigenvalue weighted by Gasteiger charge is 2.20. The monoisotopic (exact) mass is 438 g/mol. The van der Waals surface area contributed by atoms with Gasteiger partial charge in [-0.25, -0.2) is 14.5 Å². The van der Waals surface area contributed by atoms with E-state index in [1.165, 1.54) is 0 Å². The van der Waals surface area contributed by atoms with E-state index in [-0.39, 0.29) is 12.3 Å². The van der Waals surface area contributed by atoms with Crippen LogP contribution in [0.5, 0.6) is 5.75 Å². The van der Waals surface area contributed by atoms with E-state index in [9.17, 15) is 4.79 Å². The maximum Gasteiger partial charge on any atom is 0.361 e. The summed E-state index contributed by atoms with van der Waals surface area (Å²) in [5.41, 5.74) is 2.76. The van der Waals surface area contributed by atoms with Crippen molar-refractivity contribution >= 4 is 17.6 Å². The van der Waals surface area contributed by atoms with Gasteiger partial charge in [-0.05, 0) is 62.4 Å². The number of oxazole rings is 1. The third kappa shape index (κ3) is 4.29. The molecule has 0 amide bonds. The number of carbonyl (C=O) groups excluding carboxylic acids is 1. The molecule has 0 unspecified atom stereocenters. The third-order valence-corrected chi connectivity index (χ3v) is 4.98. The molecule has 2 aromatic carbocycles. The number of nitrogens with zero attached hydrogens (tertiary/aromatic N) is 4. The number of halogens is 1. The van der Waals surface area contributed by atoms with E-state index in [4.69, 9.17) is 25.5 Å². The van der Waals surface area contributed by atoms with Crippen LogP contribution in [0, 0.1) is 13.8 Å². The minimum absolute atomic E-state index is 0.0450. The Balaban J connectivity index is 1.47. The standard InChI is InChI=1S/C22H19ClN4O4/c1-13-20(25-26-27(13)17-8-10-18(29-3)11-9-17)22(28)30-12-19-14(2)31-21(24-19)15-4-6-16(23)7-5-15/h4-11H,12H2,1-3H3. The molecular weight excluding hydrogens is 420 g/mol. The van der Waals surface area contributed by atoms with Crippen LogP contribution < -0.4 is 4.74 Å². The Kier molecular flexibility index (Phi) is 5.73. The lowest BCUT2D eigenvalue weighted by atomic mass is 10.2. The lowest BCUT2D eigenvalue weighted by molar-refractivity contribution is 0.0459. The second-order valence-electron chi connectivity index (χ2n) is 6.74. The SMILES string of the molecule is COc1ccc(-n2nnc(C(=O)OCc3nc(-c4ccc(Cl)cc4)oc3C)c2C)cc1. The first kappa shape index (κ1) is 20.6. The van der Waals surface area contributed by atoms with Crippen molar-refractivity contribution in [2.24, 2.45) is 0 Å². The maximum atomic E-state index is 12.6. The minimum atomic E-state index is -0.590. The van der Waals surface area contributed by atoms with Gasteiger partial charge < -0.3 is 13.9 Å². The first-order chi connectivity index (χ1) is 15.0. The number of aromatic nitrogens is 4. The average molecular weight is 439 g/mol. The Hall–Kier alpha value is -3.65. The number of carbonyl (C=O) groups is 1. The summed E-state index contributed by atoms with van der Waals surface area (Å²) in [7, 11) is 1.60. The number of ether oxygens (including phenoxy) is 2. The van der Waals surface area contributed by atoms with E-state index in [1.807, 2.05) is 24.3 Å². The summed E-state index contributed by atoms with van der Waals surface area (Å²) in [6, 6.07) is 14.4. The van der Waals surface area contributed by atoms with Crippen LogP contribution in [0.4, 0.5) is 0 Å². The van der Waals surface area contributed by atoms with Gasteiger partial charge in [-0.3, -0.25) is 0 Å². The predicted molar refractivity (Wildman–Crippen MR) is 113 cm³/mol. The Morgan fingerprint density at radius 3 is 2.48 bits per heavy atom. The number of aryl methyl sites for hydroxylation is 1. The van der Waals surface area contributed by atoms with E-state index < -0.39 is 5.97 Å². The Morgan fingerprint density at radius 1 is 1.10 bits per heavy atom. The molecule has 0 radical (unpaired) electrons. The number of hydrogen-bond donors (Lipinski definition) is 0. The van der Waals surface area contributed by atoms with Gasteiger partial charge in [0.15, 0.2) is 5.69 Å². The zero-order valence-electron chi connectivity index (χ0n) is 17.1. The Labute approximate surface area is 183 Å². The molecule has 4 aromatic rings. The number of methoxy groups -OCH3 is 1. The van der Waals surface area contributed by atoms with Gasteiger partial charge in [-0.2, -0.15) is 0 Å². The largest absolute Gasteiger partial charge is 0.497 e. The molecule has 0 aliphatic carbocycles. The van der Waals surface area contributed by atoms with Gasteiger partial charge >= 0.3 is 5.97 Å². The quantitative estimate of drug-likeness (QED) is 0.407. The second-order valence-corrected chi connectivity index (χ2v) is 7.17. The highest BCUT2D eigenvalue weighted by Crippen LogP contribution is 2.24. The maximum absolute atomic E-state index is 12.6. The summed E-state index contributed by atoms with van der Waals surface area (Å²) in [6.07, 6.45) is 0. The third-order valence-electron chi connectivity index (χ3n) is 4.73. The fourth-order valence-electron chi connectivity index (χ4n) is 2.97. The van der Waals surface area contributed by atoms with E-state index >= 15 is 0 Å². The summed E-state index contributed by atoms with van der Waals surface area (Å²) < 4.78 is 17.8. The number of rotatable bonds is 6. The molecule has 4 rings (SSSR count). The molecule has 158 valence electrons. The van der Waals surface area contributed by atoms with E-state index in [1.54, 1.807) is 49.9 Å². The highest BCUT2D eigenvalue weighted by molar-refractivity contribution is 6.30. The van der Waals surface area contributed by atoms with E-state index in [0.29, 0.717) is 28.1 Å². The van der Waals surface area contributed by atoms with Crippen molar-refractivity contribution in [2.75, 3.05) is 7.11 Å². The average Bonchev–Trinajstić information content (AvgIpc) is 3.35. The van der Waals surface area contributed by atoms with Gasteiger partial charge in [-0.1, -0.05) is 16.8 Å². The van der Waals surface area contributed by atoms with Crippen molar-refractivity contribution in [1.29, 1.82) is 0 Å². The number of benzene rings is 2. The molecule has 2 aromatic heterocycles. The van der Waals surface area contributed by atoms with E-state index in [0.717, 1.165) is 17.0 Å². The van der Waals surface area contributed by atoms with Gasteiger partial charge in [0.2, 0.25) is 5.89 Å². The lowest BCUT2D eigenvalue weighted by Gasteiger charge is -2.05. The zero-order valence-corrected chi connectivity index (χ0v) is 17.9. The van der Waals surface area contributed by atoms with Crippen LogP contribution in [0.2, 0.25) is 5.02 Å². The van der Waals surface area contributed by atoms with Crippen molar-refractivity contribution in [1.82, 2.24) is 20.0 Å². The van der Waals surface area contributed by atoms with Crippen LogP contribution in [0.1, 0.15) is 27.6 Å². The number of esters is 1. The normalized spacial score (nSPS) is 10.8. The molecular formula is C22H19ClN4O4. The van der Waals surface area contributed by atoms with Gasteiger partial charge in [0.25, 0.3) is 0 Å². The summed E-state index contributed by atoms with van der Waals surface area (Å²) in [4.78, 5) is 17.0. The molecule has 2 heterocycles. The van der Waals surface area contributed by atoms with Gasteiger partial charge in [0.1, 0.15) is 23.8 Å². The Bertz CT molecular complexity index is 1210.